The average molecular weight is 1510 g/mol. The van der Waals surface area contributed by atoms with Gasteiger partial charge >= 0.3 is 0 Å². The normalized spacial score (nSPS) is 33.6. The van der Waals surface area contributed by atoms with E-state index in [1.54, 1.807) is 61.5 Å². The molecule has 25 atom stereocenters. The molecule has 0 bridgehead atoms. The van der Waals surface area contributed by atoms with E-state index in [1.165, 1.54) is 24.3 Å². The molecule has 4 fully saturated rings. The first-order valence-electron chi connectivity index (χ1n) is 34.6. The summed E-state index contributed by atoms with van der Waals surface area (Å²) in [5, 5.41) is 161. The van der Waals surface area contributed by atoms with Crippen molar-refractivity contribution in [1.82, 2.24) is 42.1 Å². The molecule has 6 heterocycles. The van der Waals surface area contributed by atoms with Crippen molar-refractivity contribution in [2.24, 2.45) is 21.5 Å². The van der Waals surface area contributed by atoms with E-state index in [2.05, 4.69) is 47.2 Å². The lowest BCUT2D eigenvalue weighted by Gasteiger charge is -2.46. The van der Waals surface area contributed by atoms with Crippen molar-refractivity contribution >= 4 is 47.4 Å². The van der Waals surface area contributed by atoms with Crippen LogP contribution in [0, 0.1) is 0 Å². The van der Waals surface area contributed by atoms with E-state index in [0.717, 1.165) is 10.5 Å². The molecule has 4 saturated heterocycles. The SMILES string of the molecule is CCC(c1ccccc1)C1NC(=O)CNC(=O)C(CO)NC(=O)C(C(O)C2CN=C(N)N2C2OC(CO)C(O)C(O)C2O)NC(=O)C(C(O)C2CN=C(N)N2)NC(=O)C(Cc2ccc(OC3OC(CO)C(OC4OC(CO)C(O)C(O)C4OCc4ccc(OCc5ccccc5)cc4)C(O)C3O)cc2)NC1=O. The molecule has 0 saturated carbocycles. The molecule has 25 unspecified atom stereocenters. The highest BCUT2D eigenvalue weighted by molar-refractivity contribution is 5.98. The number of benzene rings is 4. The molecule has 10 rings (SSSR count). The summed E-state index contributed by atoms with van der Waals surface area (Å²) in [6.45, 7) is -3.68. The van der Waals surface area contributed by atoms with Gasteiger partial charge in [-0.05, 0) is 52.9 Å². The fraction of sp³-hybridized carbons (Fsp3) is 0.536. The second-order valence-corrected chi connectivity index (χ2v) is 26.5. The Morgan fingerprint density at radius 3 is 1.74 bits per heavy atom. The van der Waals surface area contributed by atoms with Gasteiger partial charge in [0.05, 0.1) is 64.8 Å². The number of aliphatic hydroxyl groups is 13. The maximum Gasteiger partial charge on any atom is 0.246 e. The number of amides is 6. The van der Waals surface area contributed by atoms with Crippen LogP contribution in [0.25, 0.3) is 0 Å². The number of hydrogen-bond acceptors (Lipinski definition) is 32. The molecule has 6 amide bonds. The van der Waals surface area contributed by atoms with Crippen molar-refractivity contribution in [2.75, 3.05) is 46.1 Å². The largest absolute Gasteiger partial charge is 0.489 e. The summed E-state index contributed by atoms with van der Waals surface area (Å²) in [5.41, 5.74) is 14.5. The summed E-state index contributed by atoms with van der Waals surface area (Å²) < 4.78 is 41.6. The molecule has 38 nitrogen and oxygen atoms in total. The van der Waals surface area contributed by atoms with Crippen molar-refractivity contribution < 1.29 is 128 Å². The van der Waals surface area contributed by atoms with Crippen molar-refractivity contribution in [1.29, 1.82) is 0 Å². The summed E-state index contributed by atoms with van der Waals surface area (Å²) in [7, 11) is 0. The van der Waals surface area contributed by atoms with Crippen LogP contribution < -0.4 is 58.2 Å². The lowest BCUT2D eigenvalue weighted by molar-refractivity contribution is -0.357. The van der Waals surface area contributed by atoms with Crippen LogP contribution in [0.3, 0.4) is 0 Å². The van der Waals surface area contributed by atoms with Crippen molar-refractivity contribution in [2.45, 2.75) is 185 Å². The third-order valence-electron chi connectivity index (χ3n) is 19.4. The number of rotatable bonds is 24. The molecule has 0 spiro atoms. The van der Waals surface area contributed by atoms with Crippen molar-refractivity contribution in [3.8, 4) is 11.5 Å². The number of guanidine groups is 2. The van der Waals surface area contributed by atoms with Crippen molar-refractivity contribution in [3.63, 3.8) is 0 Å². The molecular formula is C69H92N12O26. The molecule has 0 aliphatic carbocycles. The zero-order valence-electron chi connectivity index (χ0n) is 57.7. The maximum atomic E-state index is 15.3. The zero-order valence-corrected chi connectivity index (χ0v) is 57.7. The minimum absolute atomic E-state index is 0.0646. The van der Waals surface area contributed by atoms with Gasteiger partial charge in [-0.1, -0.05) is 91.9 Å². The fourth-order valence-corrected chi connectivity index (χ4v) is 13.3. The number of carbonyl (C=O) groups excluding carboxylic acids is 6. The van der Waals surface area contributed by atoms with Crippen LogP contribution in [-0.4, -0.2) is 311 Å². The predicted molar refractivity (Wildman–Crippen MR) is 367 cm³/mol. The van der Waals surface area contributed by atoms with Gasteiger partial charge in [-0.2, -0.15) is 0 Å². The van der Waals surface area contributed by atoms with Gasteiger partial charge in [0.25, 0.3) is 0 Å². The summed E-state index contributed by atoms with van der Waals surface area (Å²) in [6.07, 6.45) is -30.8. The second-order valence-electron chi connectivity index (χ2n) is 26.5. The number of hydrogen-bond donors (Lipinski definition) is 22. The predicted octanol–water partition coefficient (Wildman–Crippen LogP) is -9.42. The van der Waals surface area contributed by atoms with E-state index >= 15 is 14.4 Å². The molecule has 38 heteroatoms. The van der Waals surface area contributed by atoms with Gasteiger partial charge in [-0.15, -0.1) is 0 Å². The molecule has 0 aromatic heterocycles. The molecule has 584 valence electrons. The lowest BCUT2D eigenvalue weighted by Crippen LogP contribution is -2.70. The van der Waals surface area contributed by atoms with Gasteiger partial charge in [0.2, 0.25) is 41.7 Å². The first-order valence-corrected chi connectivity index (χ1v) is 34.6. The van der Waals surface area contributed by atoms with Gasteiger partial charge in [0.1, 0.15) is 134 Å². The third kappa shape index (κ3) is 19.2. The van der Waals surface area contributed by atoms with Crippen LogP contribution in [0.1, 0.15) is 41.5 Å². The minimum Gasteiger partial charge on any atom is -0.489 e. The molecule has 4 aromatic carbocycles. The smallest absolute Gasteiger partial charge is 0.246 e. The van der Waals surface area contributed by atoms with Crippen LogP contribution in [-0.2, 0) is 72.1 Å². The number of aliphatic imine (C=N–C) groups is 2. The monoisotopic (exact) mass is 1500 g/mol. The molecule has 6 aliphatic heterocycles. The second kappa shape index (κ2) is 36.8. The highest BCUT2D eigenvalue weighted by Crippen LogP contribution is 2.34. The van der Waals surface area contributed by atoms with Crippen LogP contribution in [0.2, 0.25) is 0 Å². The van der Waals surface area contributed by atoms with Crippen LogP contribution in [0.15, 0.2) is 119 Å². The summed E-state index contributed by atoms with van der Waals surface area (Å²) >= 11 is 0. The third-order valence-corrected chi connectivity index (χ3v) is 19.4. The summed E-state index contributed by atoms with van der Waals surface area (Å²) in [4.78, 5) is 97.3. The van der Waals surface area contributed by atoms with E-state index in [0.29, 0.717) is 23.5 Å². The number of aliphatic hydroxyl groups excluding tert-OH is 13. The van der Waals surface area contributed by atoms with Crippen molar-refractivity contribution in [3.05, 3.63) is 131 Å². The average Bonchev–Trinajstić information content (AvgIpc) is 1.74. The summed E-state index contributed by atoms with van der Waals surface area (Å²) in [5.74, 6) is -8.36. The maximum absolute atomic E-state index is 15.3. The molecular weight excluding hydrogens is 1410 g/mol. The zero-order chi connectivity index (χ0) is 76.9. The van der Waals surface area contributed by atoms with E-state index in [4.69, 9.17) is 44.6 Å². The summed E-state index contributed by atoms with van der Waals surface area (Å²) in [6, 6.07) is 17.3. The number of ether oxygens (including phenoxy) is 7. The van der Waals surface area contributed by atoms with E-state index < -0.39 is 240 Å². The van der Waals surface area contributed by atoms with Crippen LogP contribution >= 0.6 is 0 Å². The standard InChI is InChI=1S/C69H92N12O26/c1-2-37(34-11-7-4-8-12-34)46-62(98)75-38(21-31-13-19-36(20-14-31)103-66-57(95)55(93)58(44(28-85)106-66)107-67-59(54(92)52(90)43(27-84)105-67)102-30-33-15-17-35(18-16-33)101-29-32-9-5-3-6-10-32)61(97)79-47(49(87)39-22-73-68(70)77-39)64(100)80-48(63(99)76-40(25-82)60(96)72-24-45(86)78-46)50(88)41-23-74-69(71)81(41)65-56(94)53(91)51(89)42(26-83)104-65/h3-20,37-44,46-59,65-67,82-85,87-95H,2,21-30H2,1H3,(H2,71,74)(H,72,96)(H,75,98)(H,76,99)(H,78,86)(H,79,97)(H,80,100)(H3,70,73,77). The van der Waals surface area contributed by atoms with E-state index in [9.17, 15) is 80.8 Å². The Bertz CT molecular complexity index is 3690. The Kier molecular flexibility index (Phi) is 27.8. The molecule has 4 aromatic rings. The van der Waals surface area contributed by atoms with Crippen LogP contribution in [0.4, 0.5) is 0 Å². The van der Waals surface area contributed by atoms with E-state index in [1.807, 2.05) is 30.3 Å². The number of carbonyl (C=O) groups is 6. The Balaban J connectivity index is 0.905. The Morgan fingerprint density at radius 2 is 1.09 bits per heavy atom. The highest BCUT2D eigenvalue weighted by atomic mass is 16.7. The number of nitrogens with one attached hydrogen (secondary N) is 7. The molecule has 6 aliphatic rings. The quantitative estimate of drug-likeness (QED) is 0.0310. The number of nitrogens with zero attached hydrogens (tertiary/aromatic N) is 3. The first kappa shape index (κ1) is 80.7. The van der Waals surface area contributed by atoms with Gasteiger partial charge in [-0.25, -0.2) is 0 Å². The first-order chi connectivity index (χ1) is 51.3. The fourth-order valence-electron chi connectivity index (χ4n) is 13.3. The topological polar surface area (TPSA) is 594 Å². The van der Waals surface area contributed by atoms with Gasteiger partial charge < -0.3 is 153 Å². The van der Waals surface area contributed by atoms with Gasteiger partial charge in [0, 0.05) is 12.3 Å². The lowest BCUT2D eigenvalue weighted by atomic mass is 9.88. The Hall–Kier alpha value is -8.88. The van der Waals surface area contributed by atoms with Gasteiger partial charge in [0.15, 0.2) is 24.4 Å². The van der Waals surface area contributed by atoms with Crippen LogP contribution in [0.5, 0.6) is 11.5 Å². The number of nitrogens with two attached hydrogens (primary N) is 2. The Labute approximate surface area is 611 Å². The Morgan fingerprint density at radius 1 is 0.523 bits per heavy atom. The molecule has 107 heavy (non-hydrogen) atoms. The highest BCUT2D eigenvalue weighted by Gasteiger charge is 2.55. The van der Waals surface area contributed by atoms with Gasteiger partial charge in [-0.3, -0.25) is 38.8 Å². The molecule has 0 radical (unpaired) electrons. The van der Waals surface area contributed by atoms with E-state index in [-0.39, 0.29) is 36.8 Å². The minimum atomic E-state index is -2.35. The molecule has 24 N–H and O–H groups in total.